The second kappa shape index (κ2) is 8.15. The lowest BCUT2D eigenvalue weighted by Gasteiger charge is -2.09. The smallest absolute Gasteiger partial charge is 0.209 e. The Labute approximate surface area is 167 Å². The number of rotatable bonds is 6. The number of hydrogen-bond acceptors (Lipinski definition) is 5. The first-order chi connectivity index (χ1) is 12.9. The zero-order valence-corrected chi connectivity index (χ0v) is 17.1. The molecular weight excluding hydrogens is 382 g/mol. The number of hydrogen-bond donors (Lipinski definition) is 1. The van der Waals surface area contributed by atoms with Crippen molar-refractivity contribution >= 4 is 29.1 Å². The number of H-pyrrole nitrogens is 1. The predicted molar refractivity (Wildman–Crippen MR) is 109 cm³/mol. The highest BCUT2D eigenvalue weighted by molar-refractivity contribution is 8.00. The molecule has 3 aromatic rings. The van der Waals surface area contributed by atoms with E-state index >= 15 is 0 Å². The lowest BCUT2D eigenvalue weighted by Crippen LogP contribution is -2.14. The van der Waals surface area contributed by atoms with Gasteiger partial charge in [-0.3, -0.25) is 9.89 Å². The Bertz CT molecular complexity index is 987. The van der Waals surface area contributed by atoms with Crippen LogP contribution in [0.5, 0.6) is 5.75 Å². The fourth-order valence-electron chi connectivity index (χ4n) is 2.63. The van der Waals surface area contributed by atoms with Crippen LogP contribution >= 0.6 is 23.4 Å². The largest absolute Gasteiger partial charge is 0.496 e. The molecule has 0 saturated heterocycles. The number of nitrogens with zero attached hydrogens (tertiary/aromatic N) is 2. The van der Waals surface area contributed by atoms with Crippen molar-refractivity contribution in [3.8, 4) is 17.1 Å². The number of ether oxygens (including phenoxy) is 1. The molecule has 0 aliphatic rings. The standard InChI is InChI=1S/C20H20ClN3O2S/c1-11-5-6-14(9-12(11)2)18(25)13(3)27-20-22-19(23-24-20)16-10-15(21)7-8-17(16)26-4/h5-10,13H,1-4H3,(H,22,23,24)/t13-/m0/s1. The Morgan fingerprint density at radius 3 is 2.67 bits per heavy atom. The Balaban J connectivity index is 1.78. The summed E-state index contributed by atoms with van der Waals surface area (Å²) in [4.78, 5) is 17.2. The van der Waals surface area contributed by atoms with Gasteiger partial charge in [0, 0.05) is 10.6 Å². The van der Waals surface area contributed by atoms with Crippen LogP contribution in [0, 0.1) is 13.8 Å². The van der Waals surface area contributed by atoms with Crippen LogP contribution in [-0.4, -0.2) is 33.3 Å². The number of halogens is 1. The van der Waals surface area contributed by atoms with Crippen molar-refractivity contribution < 1.29 is 9.53 Å². The number of carbonyl (C=O) groups excluding carboxylic acids is 1. The van der Waals surface area contributed by atoms with Crippen LogP contribution in [0.3, 0.4) is 0 Å². The van der Waals surface area contributed by atoms with Crippen LogP contribution in [0.1, 0.15) is 28.4 Å². The molecule has 3 rings (SSSR count). The first-order valence-corrected chi connectivity index (χ1v) is 9.69. The van der Waals surface area contributed by atoms with Gasteiger partial charge in [0.1, 0.15) is 5.75 Å². The third-order valence-corrected chi connectivity index (χ3v) is 5.52. The zero-order chi connectivity index (χ0) is 19.6. The van der Waals surface area contributed by atoms with Crippen molar-refractivity contribution in [1.29, 1.82) is 0 Å². The van der Waals surface area contributed by atoms with Gasteiger partial charge in [-0.05, 0) is 56.2 Å². The van der Waals surface area contributed by atoms with Gasteiger partial charge in [0.15, 0.2) is 11.6 Å². The molecule has 2 aromatic carbocycles. The van der Waals surface area contributed by atoms with Crippen molar-refractivity contribution in [3.05, 3.63) is 58.1 Å². The minimum absolute atomic E-state index is 0.0507. The molecule has 0 spiro atoms. The van der Waals surface area contributed by atoms with Crippen molar-refractivity contribution in [1.82, 2.24) is 15.2 Å². The van der Waals surface area contributed by atoms with Crippen molar-refractivity contribution in [2.45, 2.75) is 31.2 Å². The zero-order valence-electron chi connectivity index (χ0n) is 15.5. The molecule has 5 nitrogen and oxygen atoms in total. The van der Waals surface area contributed by atoms with Gasteiger partial charge in [-0.2, -0.15) is 0 Å². The Morgan fingerprint density at radius 2 is 1.96 bits per heavy atom. The molecule has 0 saturated carbocycles. The second-order valence-electron chi connectivity index (χ2n) is 6.23. The number of ketones is 1. The van der Waals surface area contributed by atoms with E-state index in [1.165, 1.54) is 17.3 Å². The highest BCUT2D eigenvalue weighted by Crippen LogP contribution is 2.32. The fraction of sp³-hybridized carbons (Fsp3) is 0.250. The van der Waals surface area contributed by atoms with Crippen LogP contribution in [0.2, 0.25) is 5.02 Å². The molecular formula is C20H20ClN3O2S. The molecule has 1 atom stereocenters. The molecule has 1 heterocycles. The molecule has 27 heavy (non-hydrogen) atoms. The number of aromatic nitrogens is 3. The molecule has 0 radical (unpaired) electrons. The number of Topliss-reactive ketones (excluding diaryl/α,β-unsaturated/α-hetero) is 1. The Kier molecular flexibility index (Phi) is 5.87. The molecule has 7 heteroatoms. The van der Waals surface area contributed by atoms with E-state index in [0.29, 0.717) is 27.3 Å². The van der Waals surface area contributed by atoms with E-state index < -0.39 is 0 Å². The molecule has 140 valence electrons. The Morgan fingerprint density at radius 1 is 1.19 bits per heavy atom. The number of nitrogens with one attached hydrogen (secondary N) is 1. The third kappa shape index (κ3) is 4.34. The van der Waals surface area contributed by atoms with E-state index in [1.807, 2.05) is 39.0 Å². The van der Waals surface area contributed by atoms with Crippen LogP contribution in [-0.2, 0) is 0 Å². The normalized spacial score (nSPS) is 12.0. The average molecular weight is 402 g/mol. The molecule has 1 aromatic heterocycles. The third-order valence-electron chi connectivity index (χ3n) is 4.32. The fourth-order valence-corrected chi connectivity index (χ4v) is 3.60. The monoisotopic (exact) mass is 401 g/mol. The number of methoxy groups -OCH3 is 1. The van der Waals surface area contributed by atoms with Crippen molar-refractivity contribution in [2.24, 2.45) is 0 Å². The van der Waals surface area contributed by atoms with E-state index in [9.17, 15) is 4.79 Å². The lowest BCUT2D eigenvalue weighted by molar-refractivity contribution is 0.0994. The van der Waals surface area contributed by atoms with Crippen molar-refractivity contribution in [3.63, 3.8) is 0 Å². The average Bonchev–Trinajstić information content (AvgIpc) is 3.11. The molecule has 0 aliphatic heterocycles. The van der Waals surface area contributed by atoms with E-state index in [-0.39, 0.29) is 11.0 Å². The summed E-state index contributed by atoms with van der Waals surface area (Å²) in [6.07, 6.45) is 0. The topological polar surface area (TPSA) is 67.9 Å². The summed E-state index contributed by atoms with van der Waals surface area (Å²) in [5, 5.41) is 7.88. The summed E-state index contributed by atoms with van der Waals surface area (Å²) in [6, 6.07) is 11.0. The van der Waals surface area contributed by atoms with Gasteiger partial charge < -0.3 is 4.74 Å². The summed E-state index contributed by atoms with van der Waals surface area (Å²) in [7, 11) is 1.59. The highest BCUT2D eigenvalue weighted by Gasteiger charge is 2.20. The SMILES string of the molecule is COc1ccc(Cl)cc1-c1nc(S[C@@H](C)C(=O)c2ccc(C)c(C)c2)n[nH]1. The minimum atomic E-state index is -0.308. The van der Waals surface area contributed by atoms with E-state index in [1.54, 1.807) is 25.3 Å². The summed E-state index contributed by atoms with van der Waals surface area (Å²) in [5.41, 5.74) is 3.69. The van der Waals surface area contributed by atoms with Gasteiger partial charge in [-0.1, -0.05) is 35.5 Å². The van der Waals surface area contributed by atoms with Gasteiger partial charge >= 0.3 is 0 Å². The molecule has 0 bridgehead atoms. The first-order valence-electron chi connectivity index (χ1n) is 8.43. The summed E-state index contributed by atoms with van der Waals surface area (Å²) < 4.78 is 5.35. The van der Waals surface area contributed by atoms with Crippen LogP contribution in [0.4, 0.5) is 0 Å². The summed E-state index contributed by atoms with van der Waals surface area (Å²) in [5.74, 6) is 1.24. The number of thioether (sulfide) groups is 1. The lowest BCUT2D eigenvalue weighted by atomic mass is 10.0. The molecule has 0 amide bonds. The molecule has 0 unspecified atom stereocenters. The van der Waals surface area contributed by atoms with E-state index in [2.05, 4.69) is 15.2 Å². The van der Waals surface area contributed by atoms with Crippen LogP contribution < -0.4 is 4.74 Å². The Hall–Kier alpha value is -2.31. The van der Waals surface area contributed by atoms with Gasteiger partial charge in [0.2, 0.25) is 5.16 Å². The quantitative estimate of drug-likeness (QED) is 0.459. The predicted octanol–water partition coefficient (Wildman–Crippen LogP) is 5.11. The maximum Gasteiger partial charge on any atom is 0.209 e. The summed E-state index contributed by atoms with van der Waals surface area (Å²) in [6.45, 7) is 5.89. The molecule has 1 N–H and O–H groups in total. The number of benzene rings is 2. The first kappa shape index (κ1) is 19.5. The maximum absolute atomic E-state index is 12.7. The summed E-state index contributed by atoms with van der Waals surface area (Å²) >= 11 is 7.39. The number of aromatic amines is 1. The maximum atomic E-state index is 12.7. The van der Waals surface area contributed by atoms with Gasteiger partial charge in [-0.25, -0.2) is 4.98 Å². The second-order valence-corrected chi connectivity index (χ2v) is 7.98. The van der Waals surface area contributed by atoms with Gasteiger partial charge in [0.05, 0.1) is 17.9 Å². The van der Waals surface area contributed by atoms with Gasteiger partial charge in [0.25, 0.3) is 0 Å². The van der Waals surface area contributed by atoms with Gasteiger partial charge in [-0.15, -0.1) is 5.10 Å². The van der Waals surface area contributed by atoms with Crippen LogP contribution in [0.15, 0.2) is 41.6 Å². The highest BCUT2D eigenvalue weighted by atomic mass is 35.5. The van der Waals surface area contributed by atoms with Crippen LogP contribution in [0.25, 0.3) is 11.4 Å². The molecule has 0 fully saturated rings. The van der Waals surface area contributed by atoms with E-state index in [0.717, 1.165) is 11.1 Å². The minimum Gasteiger partial charge on any atom is -0.496 e. The van der Waals surface area contributed by atoms with E-state index in [4.69, 9.17) is 16.3 Å². The number of carbonyl (C=O) groups is 1. The molecule has 0 aliphatic carbocycles. The number of aryl methyl sites for hydroxylation is 2. The van der Waals surface area contributed by atoms with Crippen molar-refractivity contribution in [2.75, 3.05) is 7.11 Å².